The van der Waals surface area contributed by atoms with Crippen molar-refractivity contribution in [2.45, 2.75) is 51.1 Å². The molecule has 0 heterocycles. The van der Waals surface area contributed by atoms with Crippen LogP contribution in [0.1, 0.15) is 39.0 Å². The average Bonchev–Trinajstić information content (AvgIpc) is 2.46. The maximum Gasteiger partial charge on any atom is 0.236 e. The molecule has 0 aromatic carbocycles. The first-order valence-electron chi connectivity index (χ1n) is 7.43. The number of carbonyl (C=O) groups is 2. The van der Waals surface area contributed by atoms with Crippen LogP contribution in [-0.2, 0) is 14.3 Å². The lowest BCUT2D eigenvalue weighted by Gasteiger charge is -2.23. The second-order valence-corrected chi connectivity index (χ2v) is 5.29. The molecule has 3 N–H and O–H groups in total. The van der Waals surface area contributed by atoms with E-state index in [1.165, 1.54) is 19.3 Å². The molecule has 6 heteroatoms. The summed E-state index contributed by atoms with van der Waals surface area (Å²) >= 11 is 0. The maximum absolute atomic E-state index is 11.8. The average molecular weight is 285 g/mol. The quantitative estimate of drug-likeness (QED) is 0.556. The van der Waals surface area contributed by atoms with E-state index in [0.717, 1.165) is 12.8 Å². The van der Waals surface area contributed by atoms with E-state index in [9.17, 15) is 9.59 Å². The van der Waals surface area contributed by atoms with E-state index in [4.69, 9.17) is 4.74 Å². The zero-order valence-corrected chi connectivity index (χ0v) is 12.5. The zero-order chi connectivity index (χ0) is 14.8. The summed E-state index contributed by atoms with van der Waals surface area (Å²) in [6, 6.07) is -0.0761. The van der Waals surface area contributed by atoms with Gasteiger partial charge < -0.3 is 15.4 Å². The predicted molar refractivity (Wildman–Crippen MR) is 77.4 cm³/mol. The van der Waals surface area contributed by atoms with Gasteiger partial charge in [-0.3, -0.25) is 14.9 Å². The molecule has 1 saturated carbocycles. The van der Waals surface area contributed by atoms with Gasteiger partial charge in [0.1, 0.15) is 0 Å². The minimum atomic E-state index is -0.385. The van der Waals surface area contributed by atoms with Gasteiger partial charge in [0.05, 0.1) is 19.2 Å². The van der Waals surface area contributed by atoms with Crippen LogP contribution >= 0.6 is 0 Å². The van der Waals surface area contributed by atoms with E-state index in [-0.39, 0.29) is 24.4 Å². The van der Waals surface area contributed by atoms with Crippen LogP contribution in [0.15, 0.2) is 0 Å². The highest BCUT2D eigenvalue weighted by Crippen LogP contribution is 2.16. The zero-order valence-electron chi connectivity index (χ0n) is 12.5. The van der Waals surface area contributed by atoms with E-state index in [2.05, 4.69) is 16.0 Å². The lowest BCUT2D eigenvalue weighted by Crippen LogP contribution is -2.48. The summed E-state index contributed by atoms with van der Waals surface area (Å²) in [5, 5.41) is 8.68. The van der Waals surface area contributed by atoms with Crippen LogP contribution in [0.4, 0.5) is 0 Å². The van der Waals surface area contributed by atoms with Crippen LogP contribution < -0.4 is 16.0 Å². The maximum atomic E-state index is 11.8. The Labute approximate surface area is 121 Å². The molecule has 1 aliphatic carbocycles. The molecule has 0 aliphatic heterocycles. The van der Waals surface area contributed by atoms with Crippen LogP contribution in [0.3, 0.4) is 0 Å². The summed E-state index contributed by atoms with van der Waals surface area (Å²) in [4.78, 5) is 23.4. The predicted octanol–water partition coefficient (Wildman–Crippen LogP) is 0.176. The molecule has 1 rings (SSSR count). The van der Waals surface area contributed by atoms with Crippen molar-refractivity contribution in [3.05, 3.63) is 0 Å². The standard InChI is InChI=1S/C14H27N3O3/c1-11(14(19)15-8-9-20-2)16-10-13(18)17-12-6-4-3-5-7-12/h11-12,16H,3-10H2,1-2H3,(H,15,19)(H,17,18). The smallest absolute Gasteiger partial charge is 0.236 e. The van der Waals surface area contributed by atoms with E-state index >= 15 is 0 Å². The molecule has 0 aromatic heterocycles. The first kappa shape index (κ1) is 16.9. The fourth-order valence-electron chi connectivity index (χ4n) is 2.29. The summed E-state index contributed by atoms with van der Waals surface area (Å²) < 4.78 is 4.86. The van der Waals surface area contributed by atoms with Crippen LogP contribution in [0.5, 0.6) is 0 Å². The van der Waals surface area contributed by atoms with Crippen LogP contribution in [-0.4, -0.2) is 50.7 Å². The fourth-order valence-corrected chi connectivity index (χ4v) is 2.29. The van der Waals surface area contributed by atoms with Gasteiger partial charge in [0, 0.05) is 19.7 Å². The lowest BCUT2D eigenvalue weighted by atomic mass is 9.95. The van der Waals surface area contributed by atoms with Crippen molar-refractivity contribution in [1.82, 2.24) is 16.0 Å². The monoisotopic (exact) mass is 285 g/mol. The Morgan fingerprint density at radius 2 is 1.95 bits per heavy atom. The largest absolute Gasteiger partial charge is 0.383 e. The highest BCUT2D eigenvalue weighted by Gasteiger charge is 2.17. The minimum Gasteiger partial charge on any atom is -0.383 e. The molecule has 20 heavy (non-hydrogen) atoms. The van der Waals surface area contributed by atoms with Gasteiger partial charge in [0.25, 0.3) is 0 Å². The third-order valence-electron chi connectivity index (χ3n) is 3.54. The lowest BCUT2D eigenvalue weighted by molar-refractivity contribution is -0.123. The number of amides is 2. The van der Waals surface area contributed by atoms with Gasteiger partial charge >= 0.3 is 0 Å². The molecule has 0 bridgehead atoms. The number of hydrogen-bond donors (Lipinski definition) is 3. The summed E-state index contributed by atoms with van der Waals surface area (Å²) in [6.07, 6.45) is 5.79. The molecule has 1 atom stereocenters. The second kappa shape index (κ2) is 9.72. The SMILES string of the molecule is COCCNC(=O)C(C)NCC(=O)NC1CCCCC1. The van der Waals surface area contributed by atoms with Crippen LogP contribution in [0, 0.1) is 0 Å². The molecular weight excluding hydrogens is 258 g/mol. The topological polar surface area (TPSA) is 79.5 Å². The molecule has 0 spiro atoms. The molecular formula is C14H27N3O3. The Morgan fingerprint density at radius 1 is 1.25 bits per heavy atom. The number of ether oxygens (including phenoxy) is 1. The van der Waals surface area contributed by atoms with E-state index in [0.29, 0.717) is 19.2 Å². The van der Waals surface area contributed by atoms with Crippen molar-refractivity contribution in [2.75, 3.05) is 26.8 Å². The van der Waals surface area contributed by atoms with Crippen molar-refractivity contribution in [3.8, 4) is 0 Å². The van der Waals surface area contributed by atoms with Crippen molar-refractivity contribution in [1.29, 1.82) is 0 Å². The molecule has 1 fully saturated rings. The van der Waals surface area contributed by atoms with Gasteiger partial charge in [-0.15, -0.1) is 0 Å². The Balaban J connectivity index is 2.13. The number of rotatable bonds is 8. The Kier molecular flexibility index (Phi) is 8.22. The van der Waals surface area contributed by atoms with Crippen LogP contribution in [0.25, 0.3) is 0 Å². The van der Waals surface area contributed by atoms with Gasteiger partial charge in [-0.25, -0.2) is 0 Å². The highest BCUT2D eigenvalue weighted by atomic mass is 16.5. The van der Waals surface area contributed by atoms with Gasteiger partial charge in [0.2, 0.25) is 11.8 Å². The van der Waals surface area contributed by atoms with Crippen LogP contribution in [0.2, 0.25) is 0 Å². The normalized spacial score (nSPS) is 17.5. The Bertz CT molecular complexity index is 304. The first-order chi connectivity index (χ1) is 9.63. The van der Waals surface area contributed by atoms with E-state index in [1.807, 2.05) is 0 Å². The Hall–Kier alpha value is -1.14. The molecule has 1 unspecified atom stereocenters. The van der Waals surface area contributed by atoms with Crippen molar-refractivity contribution < 1.29 is 14.3 Å². The molecule has 0 radical (unpaired) electrons. The van der Waals surface area contributed by atoms with Gasteiger partial charge in [0.15, 0.2) is 0 Å². The first-order valence-corrected chi connectivity index (χ1v) is 7.43. The van der Waals surface area contributed by atoms with E-state index < -0.39 is 0 Å². The molecule has 2 amide bonds. The summed E-state index contributed by atoms with van der Waals surface area (Å²) in [5.41, 5.74) is 0. The Morgan fingerprint density at radius 3 is 2.60 bits per heavy atom. The summed E-state index contributed by atoms with van der Waals surface area (Å²) in [6.45, 7) is 2.89. The molecule has 0 saturated heterocycles. The third-order valence-corrected chi connectivity index (χ3v) is 3.54. The molecule has 116 valence electrons. The summed E-state index contributed by atoms with van der Waals surface area (Å²) in [7, 11) is 1.59. The van der Waals surface area contributed by atoms with E-state index in [1.54, 1.807) is 14.0 Å². The van der Waals surface area contributed by atoms with Gasteiger partial charge in [-0.1, -0.05) is 19.3 Å². The molecule has 6 nitrogen and oxygen atoms in total. The van der Waals surface area contributed by atoms with Gasteiger partial charge in [-0.05, 0) is 19.8 Å². The third kappa shape index (κ3) is 6.86. The van der Waals surface area contributed by atoms with Crippen molar-refractivity contribution in [2.24, 2.45) is 0 Å². The van der Waals surface area contributed by atoms with Crippen molar-refractivity contribution in [3.63, 3.8) is 0 Å². The summed E-state index contributed by atoms with van der Waals surface area (Å²) in [5.74, 6) is -0.152. The van der Waals surface area contributed by atoms with Gasteiger partial charge in [-0.2, -0.15) is 0 Å². The fraction of sp³-hybridized carbons (Fsp3) is 0.857. The molecule has 0 aromatic rings. The number of carbonyl (C=O) groups excluding carboxylic acids is 2. The second-order valence-electron chi connectivity index (χ2n) is 5.29. The highest BCUT2D eigenvalue weighted by molar-refractivity contribution is 5.83. The van der Waals surface area contributed by atoms with Crippen molar-refractivity contribution >= 4 is 11.8 Å². The molecule has 1 aliphatic rings. The number of hydrogen-bond acceptors (Lipinski definition) is 4. The minimum absolute atomic E-state index is 0.0339. The number of methoxy groups -OCH3 is 1. The number of nitrogens with one attached hydrogen (secondary N) is 3.